The highest BCUT2D eigenvalue weighted by molar-refractivity contribution is 5.94. The Kier molecular flexibility index (Phi) is 7.07. The number of hydrogen-bond donors (Lipinski definition) is 4. The zero-order valence-electron chi connectivity index (χ0n) is 18.5. The number of fused-ring (bicyclic) bond motifs is 3. The second-order valence-electron chi connectivity index (χ2n) is 8.11. The molecule has 3 aromatic carbocycles. The second-order valence-corrected chi connectivity index (χ2v) is 8.11. The van der Waals surface area contributed by atoms with Crippen LogP contribution in [0.5, 0.6) is 0 Å². The number of anilines is 1. The number of carbonyl (C=O) groups excluding carboxylic acids is 2. The van der Waals surface area contributed by atoms with Crippen molar-refractivity contribution in [1.82, 2.24) is 5.32 Å². The van der Waals surface area contributed by atoms with E-state index in [0.717, 1.165) is 40.5 Å². The molecule has 0 aliphatic heterocycles. The molecule has 1 atom stereocenters. The van der Waals surface area contributed by atoms with E-state index in [4.69, 9.17) is 9.84 Å². The molecule has 3 aromatic rings. The van der Waals surface area contributed by atoms with E-state index in [9.17, 15) is 23.9 Å². The van der Waals surface area contributed by atoms with E-state index in [1.165, 1.54) is 0 Å². The van der Waals surface area contributed by atoms with Crippen LogP contribution < -0.4 is 10.6 Å². The van der Waals surface area contributed by atoms with Crippen molar-refractivity contribution in [3.05, 3.63) is 89.2 Å². The van der Waals surface area contributed by atoms with Gasteiger partial charge in [-0.05, 0) is 40.5 Å². The SMILES string of the molecule is O=C(CC(O)CNC(=O)OCC1c2ccccc2-c2ccccc21)Nc1cc(C(=O)O)ccc1F. The molecule has 1 aliphatic rings. The average Bonchev–Trinajstić information content (AvgIpc) is 3.16. The van der Waals surface area contributed by atoms with Crippen LogP contribution in [0, 0.1) is 5.82 Å². The minimum absolute atomic E-state index is 0.107. The highest BCUT2D eigenvalue weighted by atomic mass is 19.1. The number of carboxylic acid groups (broad SMARTS) is 1. The molecule has 1 unspecified atom stereocenters. The van der Waals surface area contributed by atoms with Gasteiger partial charge in [0.2, 0.25) is 5.91 Å². The van der Waals surface area contributed by atoms with Gasteiger partial charge < -0.3 is 25.6 Å². The minimum atomic E-state index is -1.27. The first-order valence-corrected chi connectivity index (χ1v) is 10.9. The van der Waals surface area contributed by atoms with Gasteiger partial charge in [0.1, 0.15) is 12.4 Å². The first-order chi connectivity index (χ1) is 16.8. The molecular weight excluding hydrogens is 455 g/mol. The summed E-state index contributed by atoms with van der Waals surface area (Å²) in [5.74, 6) is -2.93. The van der Waals surface area contributed by atoms with Crippen LogP contribution in [0.4, 0.5) is 14.9 Å². The van der Waals surface area contributed by atoms with Crippen LogP contribution >= 0.6 is 0 Å². The second kappa shape index (κ2) is 10.4. The van der Waals surface area contributed by atoms with Crippen LogP contribution in [0.3, 0.4) is 0 Å². The van der Waals surface area contributed by atoms with Gasteiger partial charge in [-0.2, -0.15) is 0 Å². The molecule has 0 fully saturated rings. The van der Waals surface area contributed by atoms with Gasteiger partial charge >= 0.3 is 12.1 Å². The van der Waals surface area contributed by atoms with Gasteiger partial charge in [0.25, 0.3) is 0 Å². The zero-order chi connectivity index (χ0) is 24.9. The lowest BCUT2D eigenvalue weighted by Gasteiger charge is -2.16. The van der Waals surface area contributed by atoms with Gasteiger partial charge in [0.05, 0.1) is 23.8 Å². The molecule has 35 heavy (non-hydrogen) atoms. The van der Waals surface area contributed by atoms with Crippen molar-refractivity contribution in [2.75, 3.05) is 18.5 Å². The Morgan fingerprint density at radius 1 is 0.971 bits per heavy atom. The highest BCUT2D eigenvalue weighted by Crippen LogP contribution is 2.44. The van der Waals surface area contributed by atoms with Crippen molar-refractivity contribution in [2.24, 2.45) is 0 Å². The van der Waals surface area contributed by atoms with Gasteiger partial charge in [-0.25, -0.2) is 14.0 Å². The Morgan fingerprint density at radius 3 is 2.23 bits per heavy atom. The molecule has 0 spiro atoms. The van der Waals surface area contributed by atoms with E-state index < -0.39 is 36.3 Å². The number of hydrogen-bond acceptors (Lipinski definition) is 5. The van der Waals surface area contributed by atoms with Crippen molar-refractivity contribution in [3.8, 4) is 11.1 Å². The van der Waals surface area contributed by atoms with Gasteiger partial charge in [0, 0.05) is 12.5 Å². The van der Waals surface area contributed by atoms with Crippen molar-refractivity contribution in [2.45, 2.75) is 18.4 Å². The van der Waals surface area contributed by atoms with Crippen LogP contribution in [0.2, 0.25) is 0 Å². The van der Waals surface area contributed by atoms with E-state index >= 15 is 0 Å². The predicted molar refractivity (Wildman–Crippen MR) is 126 cm³/mol. The molecule has 0 saturated carbocycles. The van der Waals surface area contributed by atoms with Crippen molar-refractivity contribution in [3.63, 3.8) is 0 Å². The van der Waals surface area contributed by atoms with E-state index in [1.807, 2.05) is 48.5 Å². The number of nitrogens with one attached hydrogen (secondary N) is 2. The number of benzene rings is 3. The van der Waals surface area contributed by atoms with Crippen LogP contribution in [0.15, 0.2) is 66.7 Å². The lowest BCUT2D eigenvalue weighted by atomic mass is 9.98. The van der Waals surface area contributed by atoms with Crippen molar-refractivity contribution >= 4 is 23.7 Å². The first kappa shape index (κ1) is 23.9. The Hall–Kier alpha value is -4.24. The van der Waals surface area contributed by atoms with E-state index in [2.05, 4.69) is 10.6 Å². The monoisotopic (exact) mass is 478 g/mol. The standard InChI is InChI=1S/C26H23FN2O6/c27-22-10-9-15(25(32)33)11-23(22)29-24(31)12-16(30)13-28-26(34)35-14-21-19-7-3-1-5-17(19)18-6-2-4-8-20(18)21/h1-11,16,21,30H,12-14H2,(H,28,34)(H,29,31)(H,32,33). The van der Waals surface area contributed by atoms with E-state index in [0.29, 0.717) is 0 Å². The molecule has 0 heterocycles. The van der Waals surface area contributed by atoms with Crippen LogP contribution in [-0.4, -0.2) is 47.4 Å². The smallest absolute Gasteiger partial charge is 0.407 e. The number of aliphatic hydroxyl groups excluding tert-OH is 1. The van der Waals surface area contributed by atoms with Gasteiger partial charge in [-0.1, -0.05) is 48.5 Å². The number of aliphatic hydroxyl groups is 1. The molecule has 180 valence electrons. The zero-order valence-corrected chi connectivity index (χ0v) is 18.5. The maximum absolute atomic E-state index is 13.8. The van der Waals surface area contributed by atoms with Gasteiger partial charge in [-0.15, -0.1) is 0 Å². The number of amides is 2. The lowest BCUT2D eigenvalue weighted by Crippen LogP contribution is -2.35. The Labute approximate surface area is 200 Å². The largest absolute Gasteiger partial charge is 0.478 e. The quantitative estimate of drug-likeness (QED) is 0.391. The molecule has 0 aromatic heterocycles. The maximum Gasteiger partial charge on any atom is 0.407 e. The Morgan fingerprint density at radius 2 is 1.60 bits per heavy atom. The van der Waals surface area contributed by atoms with Crippen molar-refractivity contribution < 1.29 is 33.7 Å². The first-order valence-electron chi connectivity index (χ1n) is 10.9. The number of halogens is 1. The molecule has 0 radical (unpaired) electrons. The minimum Gasteiger partial charge on any atom is -0.478 e. The predicted octanol–water partition coefficient (Wildman–Crippen LogP) is 3.75. The summed E-state index contributed by atoms with van der Waals surface area (Å²) in [6.45, 7) is -0.155. The number of rotatable bonds is 8. The molecule has 2 amide bonds. The number of alkyl carbamates (subject to hydrolysis) is 1. The normalized spacial score (nSPS) is 12.9. The summed E-state index contributed by atoms with van der Waals surface area (Å²) in [6.07, 6.45) is -2.45. The molecule has 8 nitrogen and oxygen atoms in total. The molecule has 0 bridgehead atoms. The van der Waals surface area contributed by atoms with Gasteiger partial charge in [-0.3, -0.25) is 4.79 Å². The topological polar surface area (TPSA) is 125 Å². The average molecular weight is 478 g/mol. The Bertz CT molecular complexity index is 1230. The van der Waals surface area contributed by atoms with E-state index in [-0.39, 0.29) is 30.3 Å². The number of carbonyl (C=O) groups is 3. The van der Waals surface area contributed by atoms with Crippen LogP contribution in [0.1, 0.15) is 33.8 Å². The molecule has 1 aliphatic carbocycles. The molecule has 4 rings (SSSR count). The molecule has 9 heteroatoms. The molecule has 0 saturated heterocycles. The van der Waals surface area contributed by atoms with Crippen molar-refractivity contribution in [1.29, 1.82) is 0 Å². The Balaban J connectivity index is 1.26. The molecule has 4 N–H and O–H groups in total. The summed E-state index contributed by atoms with van der Waals surface area (Å²) in [5.41, 5.74) is 3.83. The summed E-state index contributed by atoms with van der Waals surface area (Å²) < 4.78 is 19.2. The fourth-order valence-electron chi connectivity index (χ4n) is 4.09. The molecular formula is C26H23FN2O6. The summed E-state index contributed by atoms with van der Waals surface area (Å²) >= 11 is 0. The van der Waals surface area contributed by atoms with Crippen LogP contribution in [-0.2, 0) is 9.53 Å². The summed E-state index contributed by atoms with van der Waals surface area (Å²) in [7, 11) is 0. The number of ether oxygens (including phenoxy) is 1. The maximum atomic E-state index is 13.8. The number of aromatic carboxylic acids is 1. The van der Waals surface area contributed by atoms with Crippen LogP contribution in [0.25, 0.3) is 11.1 Å². The summed E-state index contributed by atoms with van der Waals surface area (Å²) in [4.78, 5) is 35.3. The number of carboxylic acids is 1. The van der Waals surface area contributed by atoms with Gasteiger partial charge in [0.15, 0.2) is 0 Å². The fourth-order valence-corrected chi connectivity index (χ4v) is 4.09. The van der Waals surface area contributed by atoms with E-state index in [1.54, 1.807) is 0 Å². The lowest BCUT2D eigenvalue weighted by molar-refractivity contribution is -0.118. The third-order valence-corrected chi connectivity index (χ3v) is 5.73. The third-order valence-electron chi connectivity index (χ3n) is 5.73. The third kappa shape index (κ3) is 5.47. The highest BCUT2D eigenvalue weighted by Gasteiger charge is 2.29. The summed E-state index contributed by atoms with van der Waals surface area (Å²) in [5, 5.41) is 23.7. The summed E-state index contributed by atoms with van der Waals surface area (Å²) in [6, 6.07) is 18.8. The fraction of sp³-hybridized carbons (Fsp3) is 0.192.